The van der Waals surface area contributed by atoms with Gasteiger partial charge in [0.2, 0.25) is 0 Å². The summed E-state index contributed by atoms with van der Waals surface area (Å²) in [5.41, 5.74) is 1.77. The Hall–Kier alpha value is -2.37. The summed E-state index contributed by atoms with van der Waals surface area (Å²) in [6.07, 6.45) is 0. The molecule has 5 heteroatoms. The molecule has 1 aliphatic heterocycles. The number of nitrogens with one attached hydrogen (secondary N) is 2. The third-order valence-electron chi connectivity index (χ3n) is 4.28. The van der Waals surface area contributed by atoms with Gasteiger partial charge >= 0.3 is 0 Å². The van der Waals surface area contributed by atoms with Gasteiger partial charge in [0.1, 0.15) is 18.8 Å². The molecule has 0 saturated carbocycles. The van der Waals surface area contributed by atoms with E-state index < -0.39 is 0 Å². The minimum Gasteiger partial charge on any atom is -0.497 e. The fraction of sp³-hybridized carbons (Fsp3) is 0.316. The summed E-state index contributed by atoms with van der Waals surface area (Å²) in [5, 5.41) is 3.03. The van der Waals surface area contributed by atoms with Crippen molar-refractivity contribution in [2.24, 2.45) is 0 Å². The minimum absolute atomic E-state index is 0.00801. The third-order valence-corrected chi connectivity index (χ3v) is 4.28. The first-order valence-corrected chi connectivity index (χ1v) is 8.20. The van der Waals surface area contributed by atoms with Crippen LogP contribution >= 0.6 is 0 Å². The van der Waals surface area contributed by atoms with Gasteiger partial charge in [-0.3, -0.25) is 4.79 Å². The van der Waals surface area contributed by atoms with Crippen molar-refractivity contribution in [3.63, 3.8) is 0 Å². The summed E-state index contributed by atoms with van der Waals surface area (Å²) in [6, 6.07) is 17.1. The number of methoxy groups -OCH3 is 1. The second kappa shape index (κ2) is 7.95. The summed E-state index contributed by atoms with van der Waals surface area (Å²) in [4.78, 5) is 14.2. The van der Waals surface area contributed by atoms with Crippen molar-refractivity contribution in [3.05, 3.63) is 60.2 Å². The van der Waals surface area contributed by atoms with E-state index in [-0.39, 0.29) is 11.9 Å². The zero-order chi connectivity index (χ0) is 16.8. The van der Waals surface area contributed by atoms with Gasteiger partial charge in [-0.05, 0) is 12.1 Å². The van der Waals surface area contributed by atoms with Crippen molar-refractivity contribution in [2.75, 3.05) is 38.7 Å². The smallest absolute Gasteiger partial charge is 0.287 e. The van der Waals surface area contributed by atoms with E-state index in [1.807, 2.05) is 54.6 Å². The van der Waals surface area contributed by atoms with Crippen molar-refractivity contribution in [1.29, 1.82) is 0 Å². The first kappa shape index (κ1) is 16.5. The molecule has 1 atom stereocenters. The predicted octanol–water partition coefficient (Wildman–Crippen LogP) is 1.29. The SMILES string of the molecule is COc1cccc(NC(=O)[C@@H](c2ccccc2)[NH+]2CCOCC2)c1. The van der Waals surface area contributed by atoms with Crippen molar-refractivity contribution in [2.45, 2.75) is 6.04 Å². The van der Waals surface area contributed by atoms with Crippen LogP contribution in [0.3, 0.4) is 0 Å². The van der Waals surface area contributed by atoms with E-state index >= 15 is 0 Å². The average Bonchev–Trinajstić information content (AvgIpc) is 2.64. The molecule has 1 aliphatic rings. The summed E-state index contributed by atoms with van der Waals surface area (Å²) in [6.45, 7) is 3.02. The fourth-order valence-electron chi connectivity index (χ4n) is 3.06. The number of carbonyl (C=O) groups excluding carboxylic acids is 1. The third kappa shape index (κ3) is 3.93. The average molecular weight is 327 g/mol. The van der Waals surface area contributed by atoms with E-state index in [0.717, 1.165) is 30.1 Å². The molecule has 1 fully saturated rings. The maximum absolute atomic E-state index is 13.0. The number of benzene rings is 2. The zero-order valence-corrected chi connectivity index (χ0v) is 13.8. The Morgan fingerprint density at radius 2 is 1.88 bits per heavy atom. The Morgan fingerprint density at radius 1 is 1.12 bits per heavy atom. The summed E-state index contributed by atoms with van der Waals surface area (Å²) in [5.74, 6) is 0.717. The Kier molecular flexibility index (Phi) is 5.46. The summed E-state index contributed by atoms with van der Waals surface area (Å²) < 4.78 is 10.7. The molecule has 0 aliphatic carbocycles. The van der Waals surface area contributed by atoms with Crippen molar-refractivity contribution in [3.8, 4) is 5.75 Å². The summed E-state index contributed by atoms with van der Waals surface area (Å²) in [7, 11) is 1.62. The zero-order valence-electron chi connectivity index (χ0n) is 13.8. The molecule has 1 heterocycles. The van der Waals surface area contributed by atoms with Crippen molar-refractivity contribution >= 4 is 11.6 Å². The van der Waals surface area contributed by atoms with Crippen LogP contribution in [0.4, 0.5) is 5.69 Å². The van der Waals surface area contributed by atoms with Crippen LogP contribution in [0, 0.1) is 0 Å². The molecule has 126 valence electrons. The van der Waals surface area contributed by atoms with E-state index in [4.69, 9.17) is 9.47 Å². The molecule has 2 aromatic rings. The number of rotatable bonds is 5. The molecule has 0 radical (unpaired) electrons. The quantitative estimate of drug-likeness (QED) is 0.870. The Morgan fingerprint density at radius 3 is 2.58 bits per heavy atom. The van der Waals surface area contributed by atoms with Gasteiger partial charge in [-0.2, -0.15) is 0 Å². The van der Waals surface area contributed by atoms with Crippen LogP contribution in [0.5, 0.6) is 5.75 Å². The van der Waals surface area contributed by atoms with Gasteiger partial charge in [0, 0.05) is 17.3 Å². The normalized spacial score (nSPS) is 16.4. The molecule has 3 rings (SSSR count). The second-order valence-corrected chi connectivity index (χ2v) is 5.84. The largest absolute Gasteiger partial charge is 0.497 e. The number of amides is 1. The summed E-state index contributed by atoms with van der Waals surface area (Å²) >= 11 is 0. The molecule has 0 aromatic heterocycles. The number of carbonyl (C=O) groups is 1. The van der Waals surface area contributed by atoms with Gasteiger partial charge in [-0.15, -0.1) is 0 Å². The monoisotopic (exact) mass is 327 g/mol. The number of quaternary nitrogens is 1. The van der Waals surface area contributed by atoms with Gasteiger partial charge in [-0.1, -0.05) is 36.4 Å². The van der Waals surface area contributed by atoms with Gasteiger partial charge < -0.3 is 19.7 Å². The number of ether oxygens (including phenoxy) is 2. The van der Waals surface area contributed by atoms with Crippen LogP contribution in [0.1, 0.15) is 11.6 Å². The molecule has 0 unspecified atom stereocenters. The molecule has 2 aromatic carbocycles. The molecular formula is C19H23N2O3+. The van der Waals surface area contributed by atoms with E-state index in [2.05, 4.69) is 5.32 Å². The van der Waals surface area contributed by atoms with Crippen LogP contribution in [0.15, 0.2) is 54.6 Å². The van der Waals surface area contributed by atoms with Crippen LogP contribution in [-0.4, -0.2) is 39.3 Å². The molecule has 0 bridgehead atoms. The predicted molar refractivity (Wildman–Crippen MR) is 92.3 cm³/mol. The van der Waals surface area contributed by atoms with Crippen LogP contribution in [-0.2, 0) is 9.53 Å². The minimum atomic E-state index is -0.249. The Labute approximate surface area is 142 Å². The van der Waals surface area contributed by atoms with Crippen molar-refractivity contribution in [1.82, 2.24) is 0 Å². The van der Waals surface area contributed by atoms with E-state index in [1.165, 1.54) is 4.90 Å². The van der Waals surface area contributed by atoms with Crippen LogP contribution in [0.25, 0.3) is 0 Å². The lowest BCUT2D eigenvalue weighted by atomic mass is 10.0. The van der Waals surface area contributed by atoms with Gasteiger partial charge in [0.05, 0.1) is 20.3 Å². The highest BCUT2D eigenvalue weighted by Gasteiger charge is 2.32. The maximum Gasteiger partial charge on any atom is 0.287 e. The number of hydrogen-bond acceptors (Lipinski definition) is 3. The Bertz CT molecular complexity index is 669. The van der Waals surface area contributed by atoms with Crippen molar-refractivity contribution < 1.29 is 19.2 Å². The lowest BCUT2D eigenvalue weighted by Gasteiger charge is -2.30. The standard InChI is InChI=1S/C19H22N2O3/c1-23-17-9-5-8-16(14-17)20-19(22)18(15-6-3-2-4-7-15)21-10-12-24-13-11-21/h2-9,14,18H,10-13H2,1H3,(H,20,22)/p+1/t18-/m1/s1. The lowest BCUT2D eigenvalue weighted by molar-refractivity contribution is -0.929. The second-order valence-electron chi connectivity index (χ2n) is 5.84. The highest BCUT2D eigenvalue weighted by atomic mass is 16.5. The van der Waals surface area contributed by atoms with E-state index in [1.54, 1.807) is 7.11 Å². The molecule has 1 amide bonds. The van der Waals surface area contributed by atoms with Crippen LogP contribution in [0.2, 0.25) is 0 Å². The first-order chi connectivity index (χ1) is 11.8. The van der Waals surface area contributed by atoms with Gasteiger partial charge in [-0.25, -0.2) is 0 Å². The molecule has 2 N–H and O–H groups in total. The van der Waals surface area contributed by atoms with Crippen LogP contribution < -0.4 is 15.0 Å². The highest BCUT2D eigenvalue weighted by Crippen LogP contribution is 2.19. The molecule has 0 spiro atoms. The Balaban J connectivity index is 1.82. The first-order valence-electron chi connectivity index (χ1n) is 8.20. The molecule has 5 nitrogen and oxygen atoms in total. The number of morpholine rings is 1. The maximum atomic E-state index is 13.0. The van der Waals surface area contributed by atoms with Gasteiger partial charge in [0.25, 0.3) is 5.91 Å². The van der Waals surface area contributed by atoms with E-state index in [9.17, 15) is 4.79 Å². The number of anilines is 1. The molecule has 1 saturated heterocycles. The molecule has 24 heavy (non-hydrogen) atoms. The molecular weight excluding hydrogens is 304 g/mol. The topological polar surface area (TPSA) is 52.0 Å². The fourth-order valence-corrected chi connectivity index (χ4v) is 3.06. The van der Waals surface area contributed by atoms with Gasteiger partial charge in [0.15, 0.2) is 6.04 Å². The van der Waals surface area contributed by atoms with E-state index in [0.29, 0.717) is 13.2 Å². The highest BCUT2D eigenvalue weighted by molar-refractivity contribution is 5.94. The lowest BCUT2D eigenvalue weighted by Crippen LogP contribution is -3.15. The number of hydrogen-bond donors (Lipinski definition) is 2.